The molecule has 1 rings (SSSR count). The summed E-state index contributed by atoms with van der Waals surface area (Å²) in [7, 11) is -5.07. The molecule has 0 amide bonds. The van der Waals surface area contributed by atoms with E-state index in [9.17, 15) is 33.1 Å². The van der Waals surface area contributed by atoms with Gasteiger partial charge in [-0.25, -0.2) is 4.18 Å². The molecule has 13 heteroatoms. The van der Waals surface area contributed by atoms with Crippen LogP contribution in [-0.2, 0) is 38.3 Å². The average Bonchev–Trinajstić information content (AvgIpc) is 3.27. The Labute approximate surface area is 387 Å². The van der Waals surface area contributed by atoms with E-state index in [-0.39, 0.29) is 19.6 Å². The zero-order valence-corrected chi connectivity index (χ0v) is 40.1. The number of unbranched alkanes of at least 4 members (excludes halogenated alkanes) is 14. The largest absolute Gasteiger partial charge is 0.457 e. The average molecular weight is 923 g/mol. The number of hydrogen-bond donors (Lipinski definition) is 4. The fourth-order valence-electron chi connectivity index (χ4n) is 6.89. The quantitative estimate of drug-likeness (QED) is 0.0198. The lowest BCUT2D eigenvalue weighted by molar-refractivity contribution is -0.301. The number of aliphatic hydroxyl groups is 3. The molecular formula is C51H86O12S. The summed E-state index contributed by atoms with van der Waals surface area (Å²) < 4.78 is 59.1. The van der Waals surface area contributed by atoms with Gasteiger partial charge in [-0.15, -0.1) is 0 Å². The lowest BCUT2D eigenvalue weighted by atomic mass is 9.99. The molecule has 0 aromatic carbocycles. The van der Waals surface area contributed by atoms with Gasteiger partial charge in [-0.2, -0.15) is 8.42 Å². The summed E-state index contributed by atoms with van der Waals surface area (Å²) in [4.78, 5) is 12.9. The molecule has 1 heterocycles. The Morgan fingerprint density at radius 3 is 1.55 bits per heavy atom. The van der Waals surface area contributed by atoms with E-state index in [0.29, 0.717) is 13.0 Å². The van der Waals surface area contributed by atoms with E-state index in [4.69, 9.17) is 18.9 Å². The SMILES string of the molecule is CC/C=C\C/C=C\C/C=C\C/C=C\C/C=C\C/C=C\C/C=C\CCCCOCC(COC1OC(CO)C(O)C(OS(=O)(=O)O)C1O)OC(=O)CCCCCCCCCCCCCCC. The van der Waals surface area contributed by atoms with Crippen molar-refractivity contribution in [1.29, 1.82) is 0 Å². The third kappa shape index (κ3) is 34.6. The Kier molecular flexibility index (Phi) is 38.6. The van der Waals surface area contributed by atoms with Crippen LogP contribution in [0.5, 0.6) is 0 Å². The zero-order chi connectivity index (χ0) is 46.8. The Bertz CT molecular complexity index is 1440. The number of carbonyl (C=O) groups is 1. The molecule has 368 valence electrons. The van der Waals surface area contributed by atoms with Crippen LogP contribution in [0, 0.1) is 0 Å². The fraction of sp³-hybridized carbons (Fsp3) is 0.706. The van der Waals surface area contributed by atoms with Crippen molar-refractivity contribution in [3.8, 4) is 0 Å². The van der Waals surface area contributed by atoms with Crippen molar-refractivity contribution >= 4 is 16.4 Å². The van der Waals surface area contributed by atoms with E-state index in [1.807, 2.05) is 0 Å². The first-order valence-electron chi connectivity index (χ1n) is 24.3. The molecule has 4 N–H and O–H groups in total. The van der Waals surface area contributed by atoms with Gasteiger partial charge >= 0.3 is 16.4 Å². The maximum Gasteiger partial charge on any atom is 0.397 e. The first kappa shape index (κ1) is 59.3. The van der Waals surface area contributed by atoms with Crippen molar-refractivity contribution in [2.75, 3.05) is 26.4 Å². The van der Waals surface area contributed by atoms with Gasteiger partial charge in [0.2, 0.25) is 0 Å². The van der Waals surface area contributed by atoms with Crippen molar-refractivity contribution in [2.24, 2.45) is 0 Å². The van der Waals surface area contributed by atoms with Crippen LogP contribution in [0.15, 0.2) is 85.1 Å². The van der Waals surface area contributed by atoms with Gasteiger partial charge < -0.3 is 34.3 Å². The summed E-state index contributed by atoms with van der Waals surface area (Å²) in [6.45, 7) is 3.75. The molecule has 12 nitrogen and oxygen atoms in total. The number of allylic oxidation sites excluding steroid dienone is 14. The monoisotopic (exact) mass is 923 g/mol. The lowest BCUT2D eigenvalue weighted by Crippen LogP contribution is -2.60. The molecule has 0 radical (unpaired) electrons. The molecule has 0 aliphatic carbocycles. The molecule has 1 fully saturated rings. The van der Waals surface area contributed by atoms with Gasteiger partial charge in [-0.1, -0.05) is 176 Å². The molecule has 0 aromatic rings. The van der Waals surface area contributed by atoms with Crippen molar-refractivity contribution in [3.05, 3.63) is 85.1 Å². The summed E-state index contributed by atoms with van der Waals surface area (Å²) in [5.41, 5.74) is 0. The highest BCUT2D eigenvalue weighted by Gasteiger charge is 2.48. The zero-order valence-electron chi connectivity index (χ0n) is 39.3. The van der Waals surface area contributed by atoms with Gasteiger partial charge in [-0.05, 0) is 70.6 Å². The minimum Gasteiger partial charge on any atom is -0.457 e. The molecule has 1 aliphatic rings. The smallest absolute Gasteiger partial charge is 0.397 e. The second-order valence-corrected chi connectivity index (χ2v) is 17.4. The highest BCUT2D eigenvalue weighted by molar-refractivity contribution is 7.80. The lowest BCUT2D eigenvalue weighted by Gasteiger charge is -2.41. The minimum absolute atomic E-state index is 0.00266. The standard InChI is InChI=1S/C51H86O12S/c1-3-5-7-9-11-13-15-17-18-19-20-21-22-23-24-25-26-27-29-31-33-35-37-39-41-59-43-45(44-60-51-49(55)50(63-64(56,57)58)48(54)46(42-52)62-51)61-47(53)40-38-36-34-32-30-28-16-14-12-10-8-6-4-2/h5,7,11,13,17-18,20-21,23-24,26-27,31,33,45-46,48-52,54-55H,3-4,6,8-10,12,14-16,19,22,25,28-30,32,34-44H2,1-2H3,(H,56,57,58)/b7-5-,13-11-,18-17-,21-20-,24-23-,27-26-,33-31-. The Balaban J connectivity index is 2.42. The van der Waals surface area contributed by atoms with Gasteiger partial charge in [-0.3, -0.25) is 9.35 Å². The van der Waals surface area contributed by atoms with Crippen LogP contribution in [0.2, 0.25) is 0 Å². The van der Waals surface area contributed by atoms with Gasteiger partial charge in [0.05, 0.1) is 19.8 Å². The molecule has 0 aromatic heterocycles. The van der Waals surface area contributed by atoms with Crippen LogP contribution in [0.1, 0.15) is 168 Å². The van der Waals surface area contributed by atoms with Crippen molar-refractivity contribution < 1.29 is 56.2 Å². The molecule has 0 saturated carbocycles. The number of aliphatic hydroxyl groups excluding tert-OH is 3. The molecule has 0 spiro atoms. The van der Waals surface area contributed by atoms with Gasteiger partial charge in [0.1, 0.15) is 30.5 Å². The van der Waals surface area contributed by atoms with Crippen molar-refractivity contribution in [1.82, 2.24) is 0 Å². The van der Waals surface area contributed by atoms with Crippen LogP contribution < -0.4 is 0 Å². The molecule has 64 heavy (non-hydrogen) atoms. The predicted octanol–water partition coefficient (Wildman–Crippen LogP) is 10.9. The fourth-order valence-corrected chi connectivity index (χ4v) is 7.40. The number of rotatable bonds is 41. The maximum absolute atomic E-state index is 12.9. The van der Waals surface area contributed by atoms with Gasteiger partial charge in [0.25, 0.3) is 0 Å². The molecule has 6 unspecified atom stereocenters. The van der Waals surface area contributed by atoms with E-state index >= 15 is 0 Å². The highest BCUT2D eigenvalue weighted by Crippen LogP contribution is 2.26. The second kappa shape index (κ2) is 41.7. The van der Waals surface area contributed by atoms with Gasteiger partial charge in [0, 0.05) is 13.0 Å². The topological polar surface area (TPSA) is 178 Å². The summed E-state index contributed by atoms with van der Waals surface area (Å²) in [5.74, 6) is -0.418. The third-order valence-electron chi connectivity index (χ3n) is 10.5. The molecule has 1 aliphatic heterocycles. The predicted molar refractivity (Wildman–Crippen MR) is 257 cm³/mol. The number of hydrogen-bond acceptors (Lipinski definition) is 11. The van der Waals surface area contributed by atoms with Crippen molar-refractivity contribution in [2.45, 2.75) is 205 Å². The van der Waals surface area contributed by atoms with Gasteiger partial charge in [0.15, 0.2) is 6.29 Å². The van der Waals surface area contributed by atoms with E-state index in [1.165, 1.54) is 57.8 Å². The molecular weight excluding hydrogens is 837 g/mol. The third-order valence-corrected chi connectivity index (χ3v) is 11.0. The van der Waals surface area contributed by atoms with Crippen molar-refractivity contribution in [3.63, 3.8) is 0 Å². The van der Waals surface area contributed by atoms with Crippen LogP contribution in [0.25, 0.3) is 0 Å². The van der Waals surface area contributed by atoms with Crippen LogP contribution >= 0.6 is 0 Å². The Hall–Kier alpha value is -2.72. The van der Waals surface area contributed by atoms with E-state index < -0.39 is 59.8 Å². The van der Waals surface area contributed by atoms with Crippen LogP contribution in [0.4, 0.5) is 0 Å². The van der Waals surface area contributed by atoms with Crippen LogP contribution in [-0.4, -0.2) is 97.5 Å². The number of carbonyl (C=O) groups excluding carboxylic acids is 1. The molecule has 0 bridgehead atoms. The first-order valence-corrected chi connectivity index (χ1v) is 25.7. The summed E-state index contributed by atoms with van der Waals surface area (Å²) in [5, 5.41) is 30.7. The molecule has 6 atom stereocenters. The van der Waals surface area contributed by atoms with E-state index in [1.54, 1.807) is 0 Å². The second-order valence-electron chi connectivity index (χ2n) is 16.3. The van der Waals surface area contributed by atoms with E-state index in [0.717, 1.165) is 83.5 Å². The Morgan fingerprint density at radius 1 is 0.609 bits per heavy atom. The number of ether oxygens (including phenoxy) is 4. The summed E-state index contributed by atoms with van der Waals surface area (Å²) >= 11 is 0. The summed E-state index contributed by atoms with van der Waals surface area (Å²) in [6.07, 6.45) is 46.2. The number of esters is 1. The Morgan fingerprint density at radius 2 is 1.08 bits per heavy atom. The first-order chi connectivity index (χ1) is 31.1. The summed E-state index contributed by atoms with van der Waals surface area (Å²) in [6, 6.07) is 0. The maximum atomic E-state index is 12.9. The van der Waals surface area contributed by atoms with E-state index in [2.05, 4.69) is 103 Å². The molecule has 1 saturated heterocycles. The normalized spacial score (nSPS) is 20.5. The minimum atomic E-state index is -5.07. The highest BCUT2D eigenvalue weighted by atomic mass is 32.3. The van der Waals surface area contributed by atoms with Crippen LogP contribution in [0.3, 0.4) is 0 Å².